The first-order valence-electron chi connectivity index (χ1n) is 11.1. The normalized spacial score (nSPS) is 15.2. The molecule has 1 N–H and O–H groups in total. The van der Waals surface area contributed by atoms with Crippen LogP contribution in [0.4, 0.5) is 0 Å². The molecule has 1 saturated heterocycles. The number of hydrogen-bond acceptors (Lipinski definition) is 4. The Morgan fingerprint density at radius 3 is 2.12 bits per heavy atom. The van der Waals surface area contributed by atoms with Crippen LogP contribution in [0.3, 0.4) is 0 Å². The van der Waals surface area contributed by atoms with Gasteiger partial charge in [0.15, 0.2) is 0 Å². The highest BCUT2D eigenvalue weighted by Crippen LogP contribution is 2.23. The van der Waals surface area contributed by atoms with Gasteiger partial charge in [0, 0.05) is 25.2 Å². The molecule has 7 heteroatoms. The minimum atomic E-state index is -3.45. The maximum Gasteiger partial charge on any atom is 0.251 e. The molecule has 1 heterocycles. The van der Waals surface area contributed by atoms with Gasteiger partial charge < -0.3 is 10.1 Å². The third kappa shape index (κ3) is 6.00. The fraction of sp³-hybridized carbons (Fsp3) is 0.269. The van der Waals surface area contributed by atoms with E-state index in [2.05, 4.69) is 5.32 Å². The van der Waals surface area contributed by atoms with E-state index < -0.39 is 10.0 Å². The van der Waals surface area contributed by atoms with E-state index >= 15 is 0 Å². The Balaban J connectivity index is 1.22. The van der Waals surface area contributed by atoms with Crippen LogP contribution in [0, 0.1) is 5.92 Å². The molecule has 4 rings (SSSR count). The molecule has 1 aliphatic rings. The molecule has 3 aromatic carbocycles. The quantitative estimate of drug-likeness (QED) is 0.545. The monoisotopic (exact) mass is 464 g/mol. The Morgan fingerprint density at radius 1 is 0.879 bits per heavy atom. The molecule has 1 aliphatic heterocycles. The number of para-hydroxylation sites is 1. The Bertz CT molecular complexity index is 1140. The molecule has 0 aliphatic carbocycles. The van der Waals surface area contributed by atoms with E-state index in [1.807, 2.05) is 42.5 Å². The lowest BCUT2D eigenvalue weighted by Gasteiger charge is -2.31. The van der Waals surface area contributed by atoms with Crippen molar-refractivity contribution in [2.45, 2.75) is 24.3 Å². The van der Waals surface area contributed by atoms with Crippen molar-refractivity contribution in [1.29, 1.82) is 0 Å². The van der Waals surface area contributed by atoms with Gasteiger partial charge in [0.25, 0.3) is 5.91 Å². The van der Waals surface area contributed by atoms with Gasteiger partial charge in [-0.2, -0.15) is 4.31 Å². The maximum atomic E-state index is 12.7. The zero-order valence-electron chi connectivity index (χ0n) is 18.4. The molecule has 0 radical (unpaired) electrons. The third-order valence-corrected chi connectivity index (χ3v) is 7.78. The van der Waals surface area contributed by atoms with Crippen molar-refractivity contribution in [2.24, 2.45) is 5.92 Å². The highest BCUT2D eigenvalue weighted by atomic mass is 32.2. The molecule has 0 unspecified atom stereocenters. The zero-order chi connectivity index (χ0) is 23.1. The molecule has 0 spiro atoms. The summed E-state index contributed by atoms with van der Waals surface area (Å²) in [4.78, 5) is 12.9. The van der Waals surface area contributed by atoms with E-state index in [0.717, 1.165) is 24.2 Å². The highest BCUT2D eigenvalue weighted by Gasteiger charge is 2.29. The number of carbonyl (C=O) groups is 1. The van der Waals surface area contributed by atoms with Crippen LogP contribution in [-0.2, 0) is 16.6 Å². The maximum absolute atomic E-state index is 12.7. The summed E-state index contributed by atoms with van der Waals surface area (Å²) in [5.41, 5.74) is 1.59. The van der Waals surface area contributed by atoms with E-state index in [9.17, 15) is 13.2 Å². The van der Waals surface area contributed by atoms with Crippen molar-refractivity contribution in [2.75, 3.05) is 19.6 Å². The Morgan fingerprint density at radius 2 is 1.48 bits per heavy atom. The SMILES string of the molecule is O=C(NCC1CCN(S(=O)(=O)c2ccccc2)CC1)c1ccc(COc2ccccc2)cc1. The summed E-state index contributed by atoms with van der Waals surface area (Å²) >= 11 is 0. The number of nitrogens with zero attached hydrogens (tertiary/aromatic N) is 1. The number of hydrogen-bond donors (Lipinski definition) is 1. The van der Waals surface area contributed by atoms with Gasteiger partial charge in [0.05, 0.1) is 4.90 Å². The summed E-state index contributed by atoms with van der Waals surface area (Å²) in [6.07, 6.45) is 1.45. The van der Waals surface area contributed by atoms with Crippen LogP contribution in [0.25, 0.3) is 0 Å². The zero-order valence-corrected chi connectivity index (χ0v) is 19.2. The number of benzene rings is 3. The van der Waals surface area contributed by atoms with E-state index in [1.54, 1.807) is 42.5 Å². The van der Waals surface area contributed by atoms with Gasteiger partial charge in [-0.25, -0.2) is 8.42 Å². The average molecular weight is 465 g/mol. The number of sulfonamides is 1. The molecule has 33 heavy (non-hydrogen) atoms. The molecule has 1 fully saturated rings. The summed E-state index contributed by atoms with van der Waals surface area (Å²) in [5.74, 6) is 0.946. The summed E-state index contributed by atoms with van der Waals surface area (Å²) in [6.45, 7) is 1.91. The smallest absolute Gasteiger partial charge is 0.251 e. The average Bonchev–Trinajstić information content (AvgIpc) is 2.88. The van der Waals surface area contributed by atoms with Gasteiger partial charge in [-0.05, 0) is 60.7 Å². The van der Waals surface area contributed by atoms with Crippen LogP contribution in [0.5, 0.6) is 5.75 Å². The largest absolute Gasteiger partial charge is 0.489 e. The second kappa shape index (κ2) is 10.6. The van der Waals surface area contributed by atoms with E-state index in [-0.39, 0.29) is 11.8 Å². The summed E-state index contributed by atoms with van der Waals surface area (Å²) in [5, 5.41) is 2.99. The van der Waals surface area contributed by atoms with Crippen molar-refractivity contribution in [1.82, 2.24) is 9.62 Å². The van der Waals surface area contributed by atoms with Crippen molar-refractivity contribution >= 4 is 15.9 Å². The van der Waals surface area contributed by atoms with Gasteiger partial charge in [-0.15, -0.1) is 0 Å². The first kappa shape index (κ1) is 23.0. The molecule has 172 valence electrons. The van der Waals surface area contributed by atoms with Crippen molar-refractivity contribution in [3.63, 3.8) is 0 Å². The van der Waals surface area contributed by atoms with Crippen LogP contribution in [-0.4, -0.2) is 38.3 Å². The number of rotatable bonds is 8. The topological polar surface area (TPSA) is 75.7 Å². The molecule has 1 amide bonds. The molecule has 6 nitrogen and oxygen atoms in total. The minimum absolute atomic E-state index is 0.120. The van der Waals surface area contributed by atoms with E-state index in [4.69, 9.17) is 4.74 Å². The lowest BCUT2D eigenvalue weighted by molar-refractivity contribution is 0.0941. The van der Waals surface area contributed by atoms with Gasteiger partial charge in [0.2, 0.25) is 10.0 Å². The fourth-order valence-electron chi connectivity index (χ4n) is 3.87. The van der Waals surface area contributed by atoms with Crippen LogP contribution >= 0.6 is 0 Å². The molecule has 0 bridgehead atoms. The molecular formula is C26H28N2O4S. The van der Waals surface area contributed by atoms with Crippen molar-refractivity contribution in [3.8, 4) is 5.75 Å². The lowest BCUT2D eigenvalue weighted by atomic mass is 9.98. The molecular weight excluding hydrogens is 436 g/mol. The van der Waals surface area contributed by atoms with Crippen LogP contribution in [0.2, 0.25) is 0 Å². The molecule has 3 aromatic rings. The number of ether oxygens (including phenoxy) is 1. The van der Waals surface area contributed by atoms with Crippen molar-refractivity contribution in [3.05, 3.63) is 96.1 Å². The van der Waals surface area contributed by atoms with Crippen LogP contribution in [0.1, 0.15) is 28.8 Å². The predicted molar refractivity (Wildman–Crippen MR) is 127 cm³/mol. The fourth-order valence-corrected chi connectivity index (χ4v) is 5.36. The number of piperidine rings is 1. The number of amides is 1. The summed E-state index contributed by atoms with van der Waals surface area (Å²) < 4.78 is 32.8. The number of nitrogens with one attached hydrogen (secondary N) is 1. The van der Waals surface area contributed by atoms with Crippen LogP contribution < -0.4 is 10.1 Å². The van der Waals surface area contributed by atoms with Crippen molar-refractivity contribution < 1.29 is 17.9 Å². The van der Waals surface area contributed by atoms with Crippen LogP contribution in [0.15, 0.2) is 89.8 Å². The summed E-state index contributed by atoms with van der Waals surface area (Å²) in [6, 6.07) is 25.5. The highest BCUT2D eigenvalue weighted by molar-refractivity contribution is 7.89. The Labute approximate surface area is 195 Å². The Kier molecular flexibility index (Phi) is 7.42. The van der Waals surface area contributed by atoms with Gasteiger partial charge in [0.1, 0.15) is 12.4 Å². The first-order chi connectivity index (χ1) is 16.0. The molecule has 0 saturated carbocycles. The minimum Gasteiger partial charge on any atom is -0.489 e. The van der Waals surface area contributed by atoms with E-state index in [0.29, 0.717) is 36.7 Å². The molecule has 0 atom stereocenters. The number of carbonyl (C=O) groups excluding carboxylic acids is 1. The summed E-state index contributed by atoms with van der Waals surface area (Å²) in [7, 11) is -3.45. The van der Waals surface area contributed by atoms with Gasteiger partial charge in [-0.3, -0.25) is 4.79 Å². The van der Waals surface area contributed by atoms with Gasteiger partial charge in [-0.1, -0.05) is 48.5 Å². The van der Waals surface area contributed by atoms with Gasteiger partial charge >= 0.3 is 0 Å². The first-order valence-corrected chi connectivity index (χ1v) is 12.6. The van der Waals surface area contributed by atoms with E-state index in [1.165, 1.54) is 4.31 Å². The second-order valence-corrected chi connectivity index (χ2v) is 10.1. The third-order valence-electron chi connectivity index (χ3n) is 5.87. The Hall–Kier alpha value is -3.16. The lowest BCUT2D eigenvalue weighted by Crippen LogP contribution is -2.41. The standard InChI is InChI=1S/C26H28N2O4S/c29-26(23-13-11-22(12-14-23)20-32-24-7-3-1-4-8-24)27-19-21-15-17-28(18-16-21)33(30,31)25-9-5-2-6-10-25/h1-14,21H,15-20H2,(H,27,29). The second-order valence-electron chi connectivity index (χ2n) is 8.17. The molecule has 0 aromatic heterocycles. The predicted octanol–water partition coefficient (Wildman–Crippen LogP) is 4.10.